The summed E-state index contributed by atoms with van der Waals surface area (Å²) in [5.74, 6) is 0.475. The minimum absolute atomic E-state index is 0.0424. The molecule has 1 aromatic rings. The fourth-order valence-corrected chi connectivity index (χ4v) is 2.76. The third-order valence-electron chi connectivity index (χ3n) is 3.44. The van der Waals surface area contributed by atoms with Gasteiger partial charge in [-0.1, -0.05) is 6.42 Å². The summed E-state index contributed by atoms with van der Waals surface area (Å²) >= 11 is 6.14. The monoisotopic (exact) mass is 266 g/mol. The van der Waals surface area contributed by atoms with Gasteiger partial charge in [-0.25, -0.2) is 0 Å². The largest absolute Gasteiger partial charge is 0.352 e. The minimum Gasteiger partial charge on any atom is -0.352 e. The Balaban J connectivity index is 1.82. The molecule has 1 saturated carbocycles. The van der Waals surface area contributed by atoms with E-state index >= 15 is 0 Å². The Morgan fingerprint density at radius 3 is 3.00 bits per heavy atom. The number of aryl methyl sites for hydroxylation is 1. The highest BCUT2D eigenvalue weighted by atomic mass is 35.5. The van der Waals surface area contributed by atoms with E-state index in [9.17, 15) is 4.79 Å². The van der Waals surface area contributed by atoms with Crippen molar-refractivity contribution in [1.29, 1.82) is 0 Å². The third kappa shape index (κ3) is 3.70. The zero-order chi connectivity index (χ0) is 13.0. The molecule has 1 aromatic heterocycles. The molecule has 1 heterocycles. The van der Waals surface area contributed by atoms with E-state index in [0.717, 1.165) is 31.5 Å². The van der Waals surface area contributed by atoms with Crippen LogP contribution in [0.1, 0.15) is 41.7 Å². The Morgan fingerprint density at radius 2 is 2.33 bits per heavy atom. The second-order valence-corrected chi connectivity index (χ2v) is 5.65. The van der Waals surface area contributed by atoms with Crippen LogP contribution in [0.2, 0.25) is 0 Å². The highest BCUT2D eigenvalue weighted by Crippen LogP contribution is 2.27. The van der Waals surface area contributed by atoms with Gasteiger partial charge in [0, 0.05) is 23.8 Å². The lowest BCUT2D eigenvalue weighted by Crippen LogP contribution is -2.32. The molecule has 0 aliphatic heterocycles. The summed E-state index contributed by atoms with van der Waals surface area (Å²) in [6.07, 6.45) is 6.06. The van der Waals surface area contributed by atoms with Crippen molar-refractivity contribution in [3.63, 3.8) is 0 Å². The Hall–Kier alpha value is -1.09. The molecule has 0 spiro atoms. The molecular weight excluding hydrogens is 248 g/mol. The summed E-state index contributed by atoms with van der Waals surface area (Å²) in [4.78, 5) is 16.0. The predicted molar refractivity (Wildman–Crippen MR) is 72.9 cm³/mol. The van der Waals surface area contributed by atoms with Gasteiger partial charge < -0.3 is 5.32 Å². The topological polar surface area (TPSA) is 42.0 Å². The van der Waals surface area contributed by atoms with E-state index in [-0.39, 0.29) is 11.3 Å². The quantitative estimate of drug-likeness (QED) is 0.855. The number of carbonyl (C=O) groups is 1. The van der Waals surface area contributed by atoms with Gasteiger partial charge >= 0.3 is 0 Å². The maximum Gasteiger partial charge on any atom is 0.252 e. The van der Waals surface area contributed by atoms with Gasteiger partial charge in [0.15, 0.2) is 0 Å². The second kappa shape index (κ2) is 6.19. The number of nitrogens with one attached hydrogen (secondary N) is 1. The summed E-state index contributed by atoms with van der Waals surface area (Å²) in [6.45, 7) is 2.63. The van der Waals surface area contributed by atoms with Crippen LogP contribution in [0.25, 0.3) is 0 Å². The van der Waals surface area contributed by atoms with Crippen molar-refractivity contribution in [3.8, 4) is 0 Å². The summed E-state index contributed by atoms with van der Waals surface area (Å²) in [7, 11) is 0. The van der Waals surface area contributed by atoms with E-state index in [1.807, 2.05) is 19.1 Å². The van der Waals surface area contributed by atoms with Crippen molar-refractivity contribution < 1.29 is 4.79 Å². The molecule has 0 radical (unpaired) electrons. The first kappa shape index (κ1) is 13.3. The standard InChI is InChI=1S/C14H19ClN2O/c1-10-5-6-12(9-16-10)14(18)17-8-11-3-2-4-13(15)7-11/h5-6,9,11,13H,2-4,7-8H2,1H3,(H,17,18). The van der Waals surface area contributed by atoms with Gasteiger partial charge in [0.05, 0.1) is 5.56 Å². The summed E-state index contributed by atoms with van der Waals surface area (Å²) in [5.41, 5.74) is 1.54. The fraction of sp³-hybridized carbons (Fsp3) is 0.571. The summed E-state index contributed by atoms with van der Waals surface area (Å²) in [5, 5.41) is 3.25. The van der Waals surface area contributed by atoms with Crippen molar-refractivity contribution in [2.45, 2.75) is 38.0 Å². The van der Waals surface area contributed by atoms with Crippen LogP contribution in [-0.2, 0) is 0 Å². The van der Waals surface area contributed by atoms with E-state index in [2.05, 4.69) is 10.3 Å². The average molecular weight is 267 g/mol. The molecule has 2 rings (SSSR count). The number of aromatic nitrogens is 1. The molecule has 1 N–H and O–H groups in total. The maximum atomic E-state index is 11.9. The van der Waals surface area contributed by atoms with Crippen molar-refractivity contribution >= 4 is 17.5 Å². The lowest BCUT2D eigenvalue weighted by Gasteiger charge is -2.25. The van der Waals surface area contributed by atoms with Crippen molar-refractivity contribution in [2.24, 2.45) is 5.92 Å². The molecule has 0 aromatic carbocycles. The predicted octanol–water partition coefficient (Wildman–Crippen LogP) is 2.92. The Bertz CT molecular complexity index is 405. The van der Waals surface area contributed by atoms with Gasteiger partial charge in [-0.05, 0) is 44.2 Å². The Morgan fingerprint density at radius 1 is 1.50 bits per heavy atom. The maximum absolute atomic E-state index is 11.9. The van der Waals surface area contributed by atoms with E-state index in [4.69, 9.17) is 11.6 Å². The Labute approximate surface area is 113 Å². The molecule has 3 nitrogen and oxygen atoms in total. The van der Waals surface area contributed by atoms with Crippen LogP contribution in [0.5, 0.6) is 0 Å². The molecule has 2 atom stereocenters. The highest BCUT2D eigenvalue weighted by molar-refractivity contribution is 6.20. The van der Waals surface area contributed by atoms with E-state index in [0.29, 0.717) is 11.5 Å². The Kier molecular flexibility index (Phi) is 4.59. The minimum atomic E-state index is -0.0424. The number of pyridine rings is 1. The number of hydrogen-bond acceptors (Lipinski definition) is 2. The number of amides is 1. The molecule has 1 amide bonds. The van der Waals surface area contributed by atoms with Gasteiger partial charge in [-0.15, -0.1) is 11.6 Å². The van der Waals surface area contributed by atoms with Crippen LogP contribution in [-0.4, -0.2) is 22.8 Å². The molecule has 0 saturated heterocycles. The van der Waals surface area contributed by atoms with Crippen molar-refractivity contribution in [3.05, 3.63) is 29.6 Å². The summed E-state index contributed by atoms with van der Waals surface area (Å²) < 4.78 is 0. The zero-order valence-electron chi connectivity index (χ0n) is 10.7. The number of rotatable bonds is 3. The molecule has 2 unspecified atom stereocenters. The van der Waals surface area contributed by atoms with Crippen LogP contribution in [0.4, 0.5) is 0 Å². The smallest absolute Gasteiger partial charge is 0.252 e. The van der Waals surface area contributed by atoms with E-state index in [1.165, 1.54) is 6.42 Å². The van der Waals surface area contributed by atoms with Crippen molar-refractivity contribution in [2.75, 3.05) is 6.54 Å². The van der Waals surface area contributed by atoms with Crippen LogP contribution in [0, 0.1) is 12.8 Å². The molecular formula is C14H19ClN2O. The molecule has 1 fully saturated rings. The van der Waals surface area contributed by atoms with Gasteiger partial charge in [-0.3, -0.25) is 9.78 Å². The molecule has 18 heavy (non-hydrogen) atoms. The highest BCUT2D eigenvalue weighted by Gasteiger charge is 2.20. The first-order valence-electron chi connectivity index (χ1n) is 6.50. The molecule has 1 aliphatic rings. The molecule has 98 valence electrons. The average Bonchev–Trinajstić information content (AvgIpc) is 2.37. The van der Waals surface area contributed by atoms with Crippen LogP contribution in [0.15, 0.2) is 18.3 Å². The number of carbonyl (C=O) groups excluding carboxylic acids is 1. The molecule has 0 bridgehead atoms. The van der Waals surface area contributed by atoms with E-state index < -0.39 is 0 Å². The van der Waals surface area contributed by atoms with Gasteiger partial charge in [0.25, 0.3) is 5.91 Å². The number of halogens is 1. The molecule has 1 aliphatic carbocycles. The van der Waals surface area contributed by atoms with Gasteiger partial charge in [0.2, 0.25) is 0 Å². The van der Waals surface area contributed by atoms with E-state index in [1.54, 1.807) is 6.20 Å². The third-order valence-corrected chi connectivity index (χ3v) is 3.84. The second-order valence-electron chi connectivity index (χ2n) is 5.03. The van der Waals surface area contributed by atoms with Crippen LogP contribution >= 0.6 is 11.6 Å². The van der Waals surface area contributed by atoms with Crippen LogP contribution < -0.4 is 5.32 Å². The normalized spacial score (nSPS) is 23.7. The number of alkyl halides is 1. The zero-order valence-corrected chi connectivity index (χ0v) is 11.4. The summed E-state index contributed by atoms with van der Waals surface area (Å²) in [6, 6.07) is 3.66. The van der Waals surface area contributed by atoms with Gasteiger partial charge in [0.1, 0.15) is 0 Å². The van der Waals surface area contributed by atoms with Gasteiger partial charge in [-0.2, -0.15) is 0 Å². The first-order valence-corrected chi connectivity index (χ1v) is 6.93. The number of nitrogens with zero attached hydrogens (tertiary/aromatic N) is 1. The molecule has 4 heteroatoms. The first-order chi connectivity index (χ1) is 8.65. The lowest BCUT2D eigenvalue weighted by molar-refractivity contribution is 0.0943. The lowest BCUT2D eigenvalue weighted by atomic mass is 9.89. The number of hydrogen-bond donors (Lipinski definition) is 1. The SMILES string of the molecule is Cc1ccc(C(=O)NCC2CCCC(Cl)C2)cn1. The fourth-order valence-electron chi connectivity index (χ4n) is 2.35. The van der Waals surface area contributed by atoms with Crippen molar-refractivity contribution in [1.82, 2.24) is 10.3 Å². The van der Waals surface area contributed by atoms with Crippen LogP contribution in [0.3, 0.4) is 0 Å².